The molecule has 0 N–H and O–H groups in total. The van der Waals surface area contributed by atoms with Crippen molar-refractivity contribution in [3.8, 4) is 5.75 Å². The van der Waals surface area contributed by atoms with Gasteiger partial charge in [-0.1, -0.05) is 36.5 Å². The van der Waals surface area contributed by atoms with Crippen LogP contribution in [0.25, 0.3) is 0 Å². The number of hydrogen-bond donors (Lipinski definition) is 0. The van der Waals surface area contributed by atoms with Crippen LogP contribution in [0.15, 0.2) is 6.07 Å². The van der Waals surface area contributed by atoms with Crippen LogP contribution in [-0.4, -0.2) is 16.3 Å². The lowest BCUT2D eigenvalue weighted by molar-refractivity contribution is 0.0899. The van der Waals surface area contributed by atoms with Crippen molar-refractivity contribution in [3.63, 3.8) is 0 Å². The van der Waals surface area contributed by atoms with E-state index in [9.17, 15) is 0 Å². The molecule has 3 nitrogen and oxygen atoms in total. The molecule has 1 aromatic heterocycles. The minimum absolute atomic E-state index is 0.228. The number of aromatic nitrogens is 2. The molecule has 1 aliphatic rings. The zero-order valence-corrected chi connectivity index (χ0v) is 11.3. The van der Waals surface area contributed by atoms with E-state index in [1.807, 2.05) is 0 Å². The van der Waals surface area contributed by atoms with Gasteiger partial charge in [-0.05, 0) is 31.6 Å². The van der Waals surface area contributed by atoms with Crippen LogP contribution in [0, 0.1) is 5.92 Å². The van der Waals surface area contributed by atoms with Gasteiger partial charge in [0.2, 0.25) is 0 Å². The van der Waals surface area contributed by atoms with Crippen molar-refractivity contribution in [1.82, 2.24) is 10.2 Å². The fourth-order valence-electron chi connectivity index (χ4n) is 2.38. The maximum atomic E-state index is 5.95. The zero-order chi connectivity index (χ0) is 12.3. The van der Waals surface area contributed by atoms with E-state index >= 15 is 0 Å². The molecule has 94 valence electrons. The van der Waals surface area contributed by atoms with E-state index in [4.69, 9.17) is 27.9 Å². The minimum Gasteiger partial charge on any atom is -0.487 e. The number of rotatable bonds is 3. The van der Waals surface area contributed by atoms with Crippen molar-refractivity contribution in [2.24, 2.45) is 5.92 Å². The highest BCUT2D eigenvalue weighted by Crippen LogP contribution is 2.33. The van der Waals surface area contributed by atoms with E-state index in [2.05, 4.69) is 17.1 Å². The second-order valence-electron chi connectivity index (χ2n) is 4.43. The van der Waals surface area contributed by atoms with Crippen molar-refractivity contribution in [2.45, 2.75) is 45.1 Å². The molecule has 17 heavy (non-hydrogen) atoms. The van der Waals surface area contributed by atoms with Crippen LogP contribution in [0.1, 0.15) is 39.0 Å². The molecule has 2 atom stereocenters. The molecule has 1 saturated carbocycles. The summed E-state index contributed by atoms with van der Waals surface area (Å²) in [7, 11) is 0. The molecule has 1 heterocycles. The molecule has 0 aromatic carbocycles. The Kier molecular flexibility index (Phi) is 4.46. The molecule has 2 unspecified atom stereocenters. The van der Waals surface area contributed by atoms with Crippen molar-refractivity contribution in [3.05, 3.63) is 16.4 Å². The van der Waals surface area contributed by atoms with Gasteiger partial charge < -0.3 is 4.74 Å². The number of ether oxygens (including phenoxy) is 1. The van der Waals surface area contributed by atoms with Crippen molar-refractivity contribution in [1.29, 1.82) is 0 Å². The average molecular weight is 275 g/mol. The molecule has 0 saturated heterocycles. The summed E-state index contributed by atoms with van der Waals surface area (Å²) in [5.74, 6) is 1.16. The Morgan fingerprint density at radius 3 is 2.82 bits per heavy atom. The van der Waals surface area contributed by atoms with E-state index in [1.54, 1.807) is 6.07 Å². The highest BCUT2D eigenvalue weighted by Gasteiger charge is 2.26. The molecule has 0 aliphatic heterocycles. The van der Waals surface area contributed by atoms with Gasteiger partial charge in [-0.2, -0.15) is 0 Å². The van der Waals surface area contributed by atoms with Crippen LogP contribution >= 0.6 is 23.2 Å². The molecular weight excluding hydrogens is 259 g/mol. The number of nitrogens with zero attached hydrogens (tertiary/aromatic N) is 2. The second kappa shape index (κ2) is 5.87. The minimum atomic E-state index is 0.228. The fourth-order valence-corrected chi connectivity index (χ4v) is 2.65. The highest BCUT2D eigenvalue weighted by molar-refractivity contribution is 6.32. The van der Waals surface area contributed by atoms with E-state index in [0.29, 0.717) is 16.8 Å². The molecule has 0 bridgehead atoms. The predicted octanol–water partition coefficient (Wildman–Crippen LogP) is 4.13. The molecule has 0 spiro atoms. The summed E-state index contributed by atoms with van der Waals surface area (Å²) >= 11 is 11.7. The Balaban J connectivity index is 2.10. The van der Waals surface area contributed by atoms with Gasteiger partial charge in [0.25, 0.3) is 0 Å². The van der Waals surface area contributed by atoms with Gasteiger partial charge >= 0.3 is 0 Å². The smallest absolute Gasteiger partial charge is 0.193 e. The molecule has 1 aromatic rings. The average Bonchev–Trinajstić information content (AvgIpc) is 2.34. The highest BCUT2D eigenvalue weighted by atomic mass is 35.5. The lowest BCUT2D eigenvalue weighted by Crippen LogP contribution is -2.30. The van der Waals surface area contributed by atoms with E-state index in [1.165, 1.54) is 19.3 Å². The normalized spacial score (nSPS) is 24.6. The van der Waals surface area contributed by atoms with Crippen molar-refractivity contribution in [2.75, 3.05) is 0 Å². The Morgan fingerprint density at radius 1 is 1.29 bits per heavy atom. The predicted molar refractivity (Wildman–Crippen MR) is 68.7 cm³/mol. The van der Waals surface area contributed by atoms with Gasteiger partial charge in [-0.25, -0.2) is 0 Å². The molecule has 2 rings (SSSR count). The first-order valence-electron chi connectivity index (χ1n) is 6.06. The molecule has 5 heteroatoms. The third kappa shape index (κ3) is 3.23. The molecule has 0 amide bonds. The summed E-state index contributed by atoms with van der Waals surface area (Å²) in [5, 5.41) is 8.03. The summed E-state index contributed by atoms with van der Waals surface area (Å²) in [6.45, 7) is 2.20. The Labute approximate surface area is 111 Å². The standard InChI is InChI=1S/C12H16Cl2N2O/c1-2-8-5-3-4-6-9(8)17-10-7-11(13)15-16-12(10)14/h7-9H,2-6H2,1H3. The fraction of sp³-hybridized carbons (Fsp3) is 0.667. The van der Waals surface area contributed by atoms with Gasteiger partial charge in [-0.3, -0.25) is 0 Å². The van der Waals surface area contributed by atoms with E-state index < -0.39 is 0 Å². The summed E-state index contributed by atoms with van der Waals surface area (Å²) in [5.41, 5.74) is 0. The van der Waals surface area contributed by atoms with Gasteiger partial charge in [0.05, 0.1) is 0 Å². The van der Waals surface area contributed by atoms with Gasteiger partial charge in [0.15, 0.2) is 16.1 Å². The monoisotopic (exact) mass is 274 g/mol. The largest absolute Gasteiger partial charge is 0.487 e. The maximum Gasteiger partial charge on any atom is 0.193 e. The Bertz CT molecular complexity index is 387. The number of halogens is 2. The molecule has 1 aliphatic carbocycles. The SMILES string of the molecule is CCC1CCCCC1Oc1cc(Cl)nnc1Cl. The van der Waals surface area contributed by atoms with Crippen LogP contribution in [-0.2, 0) is 0 Å². The molecular formula is C12H16Cl2N2O. The Morgan fingerprint density at radius 2 is 2.06 bits per heavy atom. The summed E-state index contributed by atoms with van der Waals surface area (Å²) in [6.07, 6.45) is 6.17. The summed E-state index contributed by atoms with van der Waals surface area (Å²) in [4.78, 5) is 0. The van der Waals surface area contributed by atoms with Crippen LogP contribution in [0.2, 0.25) is 10.3 Å². The lowest BCUT2D eigenvalue weighted by Gasteiger charge is -2.31. The molecule has 0 radical (unpaired) electrons. The maximum absolute atomic E-state index is 5.95. The second-order valence-corrected chi connectivity index (χ2v) is 5.18. The van der Waals surface area contributed by atoms with Gasteiger partial charge in [0.1, 0.15) is 6.10 Å². The third-order valence-electron chi connectivity index (χ3n) is 3.33. The van der Waals surface area contributed by atoms with Crippen LogP contribution < -0.4 is 4.74 Å². The first-order chi connectivity index (χ1) is 8.20. The van der Waals surface area contributed by atoms with Crippen LogP contribution in [0.3, 0.4) is 0 Å². The lowest BCUT2D eigenvalue weighted by atomic mass is 9.85. The molecule has 1 fully saturated rings. The van der Waals surface area contributed by atoms with Crippen LogP contribution in [0.4, 0.5) is 0 Å². The quantitative estimate of drug-likeness (QED) is 0.831. The van der Waals surface area contributed by atoms with Gasteiger partial charge in [0, 0.05) is 6.07 Å². The van der Waals surface area contributed by atoms with Crippen molar-refractivity contribution >= 4 is 23.2 Å². The van der Waals surface area contributed by atoms with Gasteiger partial charge in [-0.15, -0.1) is 10.2 Å². The topological polar surface area (TPSA) is 35.0 Å². The van der Waals surface area contributed by atoms with E-state index in [-0.39, 0.29) is 11.3 Å². The Hall–Kier alpha value is -0.540. The van der Waals surface area contributed by atoms with E-state index in [0.717, 1.165) is 12.8 Å². The first kappa shape index (κ1) is 12.9. The summed E-state index contributed by atoms with van der Waals surface area (Å²) in [6, 6.07) is 1.64. The van der Waals surface area contributed by atoms with Crippen LogP contribution in [0.5, 0.6) is 5.75 Å². The van der Waals surface area contributed by atoms with Crippen molar-refractivity contribution < 1.29 is 4.74 Å². The third-order valence-corrected chi connectivity index (χ3v) is 3.78. The number of hydrogen-bond acceptors (Lipinski definition) is 3. The zero-order valence-electron chi connectivity index (χ0n) is 9.83. The first-order valence-corrected chi connectivity index (χ1v) is 6.81. The summed E-state index contributed by atoms with van der Waals surface area (Å²) < 4.78 is 5.95.